The van der Waals surface area contributed by atoms with Gasteiger partial charge in [-0.2, -0.15) is 5.10 Å². The minimum Gasteiger partial charge on any atom is -0.456 e. The van der Waals surface area contributed by atoms with Crippen LogP contribution in [0.15, 0.2) is 48.8 Å². The molecule has 28 heavy (non-hydrogen) atoms. The first-order chi connectivity index (χ1) is 13.6. The number of benzene rings is 2. The fourth-order valence-corrected chi connectivity index (χ4v) is 3.95. The Kier molecular flexibility index (Phi) is 4.11. The van der Waals surface area contributed by atoms with Gasteiger partial charge in [0, 0.05) is 41.7 Å². The quantitative estimate of drug-likeness (QED) is 0.594. The van der Waals surface area contributed by atoms with Gasteiger partial charge < -0.3 is 9.64 Å². The molecular formula is C23H24FN3O. The number of fused-ring (bicyclic) bond motifs is 1. The summed E-state index contributed by atoms with van der Waals surface area (Å²) in [5.74, 6) is 1.24. The fourth-order valence-electron chi connectivity index (χ4n) is 3.95. The molecule has 2 aromatic carbocycles. The fraction of sp³-hybridized carbons (Fsp3) is 0.348. The van der Waals surface area contributed by atoms with Crippen LogP contribution in [0.3, 0.4) is 0 Å². The SMILES string of the molecule is CC1CCc2c(ccc(-c3cnn(C4CC4)c3)c2Oc2ccc(F)cc2)N1C. The van der Waals surface area contributed by atoms with Crippen molar-refractivity contribution in [2.75, 3.05) is 11.9 Å². The molecule has 1 aromatic heterocycles. The van der Waals surface area contributed by atoms with Crippen molar-refractivity contribution in [3.8, 4) is 22.6 Å². The third-order valence-corrected chi connectivity index (χ3v) is 5.96. The van der Waals surface area contributed by atoms with E-state index >= 15 is 0 Å². The summed E-state index contributed by atoms with van der Waals surface area (Å²) in [5.41, 5.74) is 4.52. The van der Waals surface area contributed by atoms with Crippen molar-refractivity contribution in [1.29, 1.82) is 0 Å². The zero-order chi connectivity index (χ0) is 19.3. The summed E-state index contributed by atoms with van der Waals surface area (Å²) in [7, 11) is 2.13. The van der Waals surface area contributed by atoms with Crippen LogP contribution in [-0.4, -0.2) is 22.9 Å². The monoisotopic (exact) mass is 377 g/mol. The molecule has 1 atom stereocenters. The van der Waals surface area contributed by atoms with E-state index in [0.29, 0.717) is 17.8 Å². The Bertz CT molecular complexity index is 1010. The Balaban J connectivity index is 1.61. The standard InChI is InChI=1S/C23H24FN3O/c1-15-3-10-21-22(26(15)2)12-11-20(16-13-25-27(14-16)18-6-7-18)23(21)28-19-8-4-17(24)5-9-19/h4-5,8-9,11-15,18H,3,6-7,10H2,1-2H3. The van der Waals surface area contributed by atoms with Crippen LogP contribution in [0.1, 0.15) is 37.8 Å². The molecule has 1 aliphatic heterocycles. The highest BCUT2D eigenvalue weighted by Crippen LogP contribution is 2.45. The summed E-state index contributed by atoms with van der Waals surface area (Å²) in [6, 6.07) is 11.6. The lowest BCUT2D eigenvalue weighted by Gasteiger charge is -2.35. The minimum atomic E-state index is -0.262. The molecule has 1 unspecified atom stereocenters. The van der Waals surface area contributed by atoms with Gasteiger partial charge in [-0.1, -0.05) is 0 Å². The van der Waals surface area contributed by atoms with Gasteiger partial charge >= 0.3 is 0 Å². The molecule has 4 nitrogen and oxygen atoms in total. The van der Waals surface area contributed by atoms with Gasteiger partial charge in [-0.05, 0) is 69.0 Å². The molecule has 2 aliphatic rings. The molecule has 5 heteroatoms. The molecule has 3 aromatic rings. The summed E-state index contributed by atoms with van der Waals surface area (Å²) < 4.78 is 21.8. The molecular weight excluding hydrogens is 353 g/mol. The molecule has 5 rings (SSSR count). The van der Waals surface area contributed by atoms with E-state index in [9.17, 15) is 4.39 Å². The van der Waals surface area contributed by atoms with Gasteiger partial charge in [0.25, 0.3) is 0 Å². The molecule has 2 heterocycles. The van der Waals surface area contributed by atoms with Gasteiger partial charge in [0.2, 0.25) is 0 Å². The van der Waals surface area contributed by atoms with E-state index in [1.54, 1.807) is 12.1 Å². The maximum Gasteiger partial charge on any atom is 0.140 e. The van der Waals surface area contributed by atoms with E-state index < -0.39 is 0 Å². The first kappa shape index (κ1) is 17.3. The van der Waals surface area contributed by atoms with E-state index in [2.05, 4.69) is 47.0 Å². The molecule has 0 bridgehead atoms. The Labute approximate surface area is 164 Å². The first-order valence-corrected chi connectivity index (χ1v) is 9.97. The lowest BCUT2D eigenvalue weighted by molar-refractivity contribution is 0.469. The van der Waals surface area contributed by atoms with Crippen LogP contribution in [0.25, 0.3) is 11.1 Å². The highest BCUT2D eigenvalue weighted by molar-refractivity contribution is 5.78. The van der Waals surface area contributed by atoms with Gasteiger partial charge in [-0.25, -0.2) is 4.39 Å². The maximum absolute atomic E-state index is 13.3. The Morgan fingerprint density at radius 3 is 2.61 bits per heavy atom. The zero-order valence-corrected chi connectivity index (χ0v) is 16.2. The van der Waals surface area contributed by atoms with Crippen molar-refractivity contribution >= 4 is 5.69 Å². The Hall–Kier alpha value is -2.82. The normalized spacial score (nSPS) is 18.8. The number of halogens is 1. The number of nitrogens with zero attached hydrogens (tertiary/aromatic N) is 3. The molecule has 0 spiro atoms. The van der Waals surface area contributed by atoms with Crippen molar-refractivity contribution in [2.24, 2.45) is 0 Å². The predicted molar refractivity (Wildman–Crippen MR) is 109 cm³/mol. The molecule has 144 valence electrons. The molecule has 0 saturated heterocycles. The van der Waals surface area contributed by atoms with Crippen LogP contribution in [0.5, 0.6) is 11.5 Å². The van der Waals surface area contributed by atoms with E-state index in [-0.39, 0.29) is 5.82 Å². The molecule has 0 radical (unpaired) electrons. The van der Waals surface area contributed by atoms with Crippen LogP contribution >= 0.6 is 0 Å². The summed E-state index contributed by atoms with van der Waals surface area (Å²) in [4.78, 5) is 2.31. The van der Waals surface area contributed by atoms with E-state index in [1.807, 2.05) is 6.20 Å². The summed E-state index contributed by atoms with van der Waals surface area (Å²) >= 11 is 0. The lowest BCUT2D eigenvalue weighted by atomic mass is 9.93. The van der Waals surface area contributed by atoms with Crippen LogP contribution in [0.2, 0.25) is 0 Å². The maximum atomic E-state index is 13.3. The van der Waals surface area contributed by atoms with Gasteiger partial charge in [0.1, 0.15) is 17.3 Å². The Morgan fingerprint density at radius 2 is 1.86 bits per heavy atom. The summed E-state index contributed by atoms with van der Waals surface area (Å²) in [6.45, 7) is 2.25. The first-order valence-electron chi connectivity index (χ1n) is 9.97. The highest BCUT2D eigenvalue weighted by atomic mass is 19.1. The second kappa shape index (κ2) is 6.66. The van der Waals surface area contributed by atoms with Gasteiger partial charge in [-0.3, -0.25) is 4.68 Å². The van der Waals surface area contributed by atoms with E-state index in [1.165, 1.54) is 36.2 Å². The van der Waals surface area contributed by atoms with E-state index in [0.717, 1.165) is 29.7 Å². The lowest BCUT2D eigenvalue weighted by Crippen LogP contribution is -2.33. The van der Waals surface area contributed by atoms with Crippen molar-refractivity contribution in [3.63, 3.8) is 0 Å². The average molecular weight is 377 g/mol. The van der Waals surface area contributed by atoms with Crippen LogP contribution in [-0.2, 0) is 6.42 Å². The average Bonchev–Trinajstić information content (AvgIpc) is 3.44. The molecule has 1 aliphatic carbocycles. The number of aromatic nitrogens is 2. The van der Waals surface area contributed by atoms with Crippen LogP contribution in [0, 0.1) is 5.82 Å². The largest absolute Gasteiger partial charge is 0.456 e. The number of hydrogen-bond donors (Lipinski definition) is 0. The van der Waals surface area contributed by atoms with Crippen molar-refractivity contribution in [2.45, 2.75) is 44.7 Å². The van der Waals surface area contributed by atoms with Crippen molar-refractivity contribution in [1.82, 2.24) is 9.78 Å². The third kappa shape index (κ3) is 3.05. The second-order valence-corrected chi connectivity index (χ2v) is 7.93. The topological polar surface area (TPSA) is 30.3 Å². The minimum absolute atomic E-state index is 0.262. The third-order valence-electron chi connectivity index (χ3n) is 5.96. The Morgan fingerprint density at radius 1 is 1.07 bits per heavy atom. The van der Waals surface area contributed by atoms with Gasteiger partial charge in [0.05, 0.1) is 12.2 Å². The molecule has 1 saturated carbocycles. The van der Waals surface area contributed by atoms with E-state index in [4.69, 9.17) is 4.74 Å². The summed E-state index contributed by atoms with van der Waals surface area (Å²) in [5, 5.41) is 4.55. The van der Waals surface area contributed by atoms with Gasteiger partial charge in [-0.15, -0.1) is 0 Å². The van der Waals surface area contributed by atoms with Gasteiger partial charge in [0.15, 0.2) is 0 Å². The zero-order valence-electron chi connectivity index (χ0n) is 16.2. The summed E-state index contributed by atoms with van der Waals surface area (Å²) in [6.07, 6.45) is 8.48. The number of rotatable bonds is 4. The molecule has 0 amide bonds. The molecule has 1 fully saturated rings. The smallest absolute Gasteiger partial charge is 0.140 e. The van der Waals surface area contributed by atoms with Crippen LogP contribution < -0.4 is 9.64 Å². The van der Waals surface area contributed by atoms with Crippen molar-refractivity contribution < 1.29 is 9.13 Å². The number of ether oxygens (including phenoxy) is 1. The van der Waals surface area contributed by atoms with Crippen LogP contribution in [0.4, 0.5) is 10.1 Å². The molecule has 0 N–H and O–H groups in total. The second-order valence-electron chi connectivity index (χ2n) is 7.93. The predicted octanol–water partition coefficient (Wildman–Crippen LogP) is 5.59. The highest BCUT2D eigenvalue weighted by Gasteiger charge is 2.28. The number of hydrogen-bond acceptors (Lipinski definition) is 3. The van der Waals surface area contributed by atoms with Crippen molar-refractivity contribution in [3.05, 3.63) is 60.2 Å². The number of anilines is 1.